The van der Waals surface area contributed by atoms with Gasteiger partial charge in [0.1, 0.15) is 5.69 Å². The van der Waals surface area contributed by atoms with Crippen LogP contribution < -0.4 is 9.47 Å². The molecule has 0 radical (unpaired) electrons. The summed E-state index contributed by atoms with van der Waals surface area (Å²) < 4.78 is 14.3. The lowest BCUT2D eigenvalue weighted by Gasteiger charge is -2.06. The lowest BCUT2D eigenvalue weighted by molar-refractivity contribution is 0.356. The average molecular weight is 262 g/mol. The van der Waals surface area contributed by atoms with Gasteiger partial charge in [-0.1, -0.05) is 4.49 Å². The molecule has 0 amide bonds. The number of aromatic amines is 1. The zero-order valence-corrected chi connectivity index (χ0v) is 10.6. The highest BCUT2D eigenvalue weighted by Gasteiger charge is 2.12. The van der Waals surface area contributed by atoms with Gasteiger partial charge in [-0.25, -0.2) is 4.98 Å². The molecule has 0 fully saturated rings. The molecular weight excluding hydrogens is 252 g/mol. The lowest BCUT2D eigenvalue weighted by atomic mass is 10.3. The molecule has 0 bridgehead atoms. The molecule has 3 rings (SSSR count). The van der Waals surface area contributed by atoms with Crippen molar-refractivity contribution in [2.45, 2.75) is 0 Å². The van der Waals surface area contributed by atoms with Crippen LogP contribution in [-0.4, -0.2) is 33.8 Å². The van der Waals surface area contributed by atoms with Gasteiger partial charge in [-0.15, -0.1) is 5.10 Å². The summed E-state index contributed by atoms with van der Waals surface area (Å²) in [6.07, 6.45) is 0. The summed E-state index contributed by atoms with van der Waals surface area (Å²) in [5.74, 6) is 2.00. The number of methoxy groups -OCH3 is 2. The van der Waals surface area contributed by atoms with Crippen molar-refractivity contribution in [2.75, 3.05) is 14.2 Å². The zero-order chi connectivity index (χ0) is 12.5. The summed E-state index contributed by atoms with van der Waals surface area (Å²) in [4.78, 5) is 7.63. The second-order valence-corrected chi connectivity index (χ2v) is 4.21. The minimum atomic E-state index is 0.652. The summed E-state index contributed by atoms with van der Waals surface area (Å²) in [5, 5.41) is 5.82. The summed E-state index contributed by atoms with van der Waals surface area (Å²) in [5.41, 5.74) is 2.40. The second-order valence-electron chi connectivity index (χ2n) is 3.60. The van der Waals surface area contributed by atoms with Crippen LogP contribution in [0.1, 0.15) is 0 Å². The average Bonchev–Trinajstić information content (AvgIpc) is 3.04. The van der Waals surface area contributed by atoms with Crippen LogP contribution in [0.15, 0.2) is 17.5 Å². The van der Waals surface area contributed by atoms with Gasteiger partial charge in [0, 0.05) is 17.5 Å². The summed E-state index contributed by atoms with van der Waals surface area (Å²) in [6, 6.07) is 3.68. The number of hydrogen-bond acceptors (Lipinski definition) is 6. The Labute approximate surface area is 107 Å². The van der Waals surface area contributed by atoms with E-state index in [-0.39, 0.29) is 0 Å². The number of benzene rings is 1. The SMILES string of the molecule is COc1cc2nc(-c3csnn3)[nH]c2cc1OC. The standard InChI is InChI=1S/C11H10N4O2S/c1-16-9-3-6-7(4-10(9)17-2)13-11(12-6)8-5-18-15-14-8/h3-5H,1-2H3,(H,12,13). The molecule has 0 aliphatic heterocycles. The molecule has 0 spiro atoms. The van der Waals surface area contributed by atoms with Crippen molar-refractivity contribution in [3.63, 3.8) is 0 Å². The molecule has 0 atom stereocenters. The van der Waals surface area contributed by atoms with Gasteiger partial charge in [0.25, 0.3) is 0 Å². The Morgan fingerprint density at radius 2 is 1.94 bits per heavy atom. The highest BCUT2D eigenvalue weighted by Crippen LogP contribution is 2.32. The van der Waals surface area contributed by atoms with Crippen molar-refractivity contribution in [2.24, 2.45) is 0 Å². The Morgan fingerprint density at radius 3 is 2.61 bits per heavy atom. The molecule has 0 aliphatic rings. The molecule has 18 heavy (non-hydrogen) atoms. The van der Waals surface area contributed by atoms with E-state index in [0.717, 1.165) is 16.7 Å². The van der Waals surface area contributed by atoms with Gasteiger partial charge < -0.3 is 14.5 Å². The van der Waals surface area contributed by atoms with Crippen molar-refractivity contribution in [3.8, 4) is 23.0 Å². The molecule has 1 aromatic carbocycles. The third-order valence-corrected chi connectivity index (χ3v) is 3.09. The van der Waals surface area contributed by atoms with Crippen LogP contribution in [0.3, 0.4) is 0 Å². The first kappa shape index (κ1) is 11.0. The number of H-pyrrole nitrogens is 1. The van der Waals surface area contributed by atoms with Gasteiger partial charge in [0.15, 0.2) is 17.3 Å². The molecule has 2 heterocycles. The molecule has 6 nitrogen and oxygen atoms in total. The second kappa shape index (κ2) is 4.26. The largest absolute Gasteiger partial charge is 0.493 e. The normalized spacial score (nSPS) is 10.8. The van der Waals surface area contributed by atoms with Crippen LogP contribution in [-0.2, 0) is 0 Å². The molecule has 7 heteroatoms. The third kappa shape index (κ3) is 1.68. The highest BCUT2D eigenvalue weighted by molar-refractivity contribution is 7.03. The number of rotatable bonds is 3. The van der Waals surface area contributed by atoms with E-state index in [1.54, 1.807) is 14.2 Å². The van der Waals surface area contributed by atoms with Crippen molar-refractivity contribution >= 4 is 22.6 Å². The number of ether oxygens (including phenoxy) is 2. The van der Waals surface area contributed by atoms with E-state index in [9.17, 15) is 0 Å². The van der Waals surface area contributed by atoms with Crippen LogP contribution in [0.5, 0.6) is 11.5 Å². The Kier molecular flexibility index (Phi) is 2.60. The number of nitrogens with zero attached hydrogens (tertiary/aromatic N) is 3. The van der Waals surface area contributed by atoms with Gasteiger partial charge in [0.05, 0.1) is 25.3 Å². The Bertz CT molecular complexity index is 637. The summed E-state index contributed by atoms with van der Waals surface area (Å²) >= 11 is 1.29. The fourth-order valence-electron chi connectivity index (χ4n) is 1.73. The minimum absolute atomic E-state index is 0.652. The fourth-order valence-corrected chi connectivity index (χ4v) is 2.17. The van der Waals surface area contributed by atoms with Crippen LogP contribution in [0.4, 0.5) is 0 Å². The summed E-state index contributed by atoms with van der Waals surface area (Å²) in [7, 11) is 3.20. The predicted octanol–water partition coefficient (Wildman–Crippen LogP) is 2.10. The van der Waals surface area contributed by atoms with E-state index < -0.39 is 0 Å². The van der Waals surface area contributed by atoms with Crippen LogP contribution in [0.2, 0.25) is 0 Å². The smallest absolute Gasteiger partial charge is 0.163 e. The molecule has 0 saturated heterocycles. The van der Waals surface area contributed by atoms with E-state index >= 15 is 0 Å². The van der Waals surface area contributed by atoms with Gasteiger partial charge in [-0.05, 0) is 11.5 Å². The molecule has 2 aromatic heterocycles. The molecule has 92 valence electrons. The molecule has 0 saturated carbocycles. The van der Waals surface area contributed by atoms with Crippen LogP contribution in [0, 0.1) is 0 Å². The monoisotopic (exact) mass is 262 g/mol. The zero-order valence-electron chi connectivity index (χ0n) is 9.80. The Morgan fingerprint density at radius 1 is 1.17 bits per heavy atom. The maximum atomic E-state index is 5.25. The first-order valence-corrected chi connectivity index (χ1v) is 6.04. The number of imidazole rings is 1. The fraction of sp³-hybridized carbons (Fsp3) is 0.182. The van der Waals surface area contributed by atoms with E-state index in [2.05, 4.69) is 19.6 Å². The minimum Gasteiger partial charge on any atom is -0.493 e. The third-order valence-electron chi connectivity index (χ3n) is 2.59. The number of nitrogens with one attached hydrogen (secondary N) is 1. The molecular formula is C11H10N4O2S. The van der Waals surface area contributed by atoms with Crippen molar-refractivity contribution in [1.82, 2.24) is 19.6 Å². The van der Waals surface area contributed by atoms with Crippen molar-refractivity contribution in [1.29, 1.82) is 0 Å². The Balaban J connectivity index is 2.17. The first-order chi connectivity index (χ1) is 8.81. The van der Waals surface area contributed by atoms with Crippen molar-refractivity contribution < 1.29 is 9.47 Å². The molecule has 0 aliphatic carbocycles. The molecule has 3 aromatic rings. The topological polar surface area (TPSA) is 72.9 Å². The number of aromatic nitrogens is 4. The van der Waals surface area contributed by atoms with E-state index in [0.29, 0.717) is 17.3 Å². The maximum absolute atomic E-state index is 5.25. The first-order valence-electron chi connectivity index (χ1n) is 5.21. The van der Waals surface area contributed by atoms with Crippen LogP contribution >= 0.6 is 11.5 Å². The quantitative estimate of drug-likeness (QED) is 0.782. The van der Waals surface area contributed by atoms with Crippen LogP contribution in [0.25, 0.3) is 22.6 Å². The summed E-state index contributed by atoms with van der Waals surface area (Å²) in [6.45, 7) is 0. The van der Waals surface area contributed by atoms with Gasteiger partial charge >= 0.3 is 0 Å². The van der Waals surface area contributed by atoms with Gasteiger partial charge in [0.2, 0.25) is 0 Å². The highest BCUT2D eigenvalue weighted by atomic mass is 32.1. The number of hydrogen-bond donors (Lipinski definition) is 1. The van der Waals surface area contributed by atoms with Crippen molar-refractivity contribution in [3.05, 3.63) is 17.5 Å². The molecule has 0 unspecified atom stereocenters. The van der Waals surface area contributed by atoms with E-state index in [4.69, 9.17) is 9.47 Å². The maximum Gasteiger partial charge on any atom is 0.163 e. The van der Waals surface area contributed by atoms with Gasteiger partial charge in [-0.3, -0.25) is 0 Å². The van der Waals surface area contributed by atoms with E-state index in [1.807, 2.05) is 17.5 Å². The Hall–Kier alpha value is -2.15. The predicted molar refractivity (Wildman–Crippen MR) is 68.1 cm³/mol. The van der Waals surface area contributed by atoms with Gasteiger partial charge in [-0.2, -0.15) is 0 Å². The number of fused-ring (bicyclic) bond motifs is 1. The lowest BCUT2D eigenvalue weighted by Crippen LogP contribution is -1.89. The molecule has 1 N–H and O–H groups in total. The van der Waals surface area contributed by atoms with E-state index in [1.165, 1.54) is 11.5 Å².